The van der Waals surface area contributed by atoms with Crippen molar-refractivity contribution < 1.29 is 8.42 Å². The Hall–Kier alpha value is -1.29. The van der Waals surface area contributed by atoms with Gasteiger partial charge in [-0.1, -0.05) is 13.0 Å². The van der Waals surface area contributed by atoms with E-state index in [9.17, 15) is 8.42 Å². The quantitative estimate of drug-likeness (QED) is 0.612. The molecule has 0 saturated carbocycles. The van der Waals surface area contributed by atoms with Crippen molar-refractivity contribution in [3.8, 4) is 0 Å². The normalized spacial score (nSPS) is 11.1. The second kappa shape index (κ2) is 5.70. The van der Waals surface area contributed by atoms with E-state index in [-0.39, 0.29) is 5.75 Å². The molecular weight excluding hydrogens is 222 g/mol. The first-order valence-corrected chi connectivity index (χ1v) is 6.93. The molecule has 1 rings (SSSR count). The van der Waals surface area contributed by atoms with Crippen LogP contribution < -0.4 is 5.32 Å². The van der Waals surface area contributed by atoms with Crippen LogP contribution >= 0.6 is 0 Å². The minimum Gasteiger partial charge on any atom is -0.385 e. The largest absolute Gasteiger partial charge is 0.385 e. The van der Waals surface area contributed by atoms with E-state index < -0.39 is 9.84 Å². The van der Waals surface area contributed by atoms with Crippen molar-refractivity contribution in [2.24, 2.45) is 0 Å². The highest BCUT2D eigenvalue weighted by Crippen LogP contribution is 2.15. The van der Waals surface area contributed by atoms with Crippen LogP contribution in [0, 0.1) is 0 Å². The Kier molecular flexibility index (Phi) is 4.55. The minimum absolute atomic E-state index is 0.135. The van der Waals surface area contributed by atoms with Gasteiger partial charge in [0, 0.05) is 12.2 Å². The van der Waals surface area contributed by atoms with Crippen LogP contribution in [-0.4, -0.2) is 20.7 Å². The maximum atomic E-state index is 11.5. The first-order valence-electron chi connectivity index (χ1n) is 5.27. The Labute approximate surface area is 97.1 Å². The molecule has 0 fully saturated rings. The van der Waals surface area contributed by atoms with Gasteiger partial charge < -0.3 is 5.32 Å². The maximum Gasteiger partial charge on any atom is 0.178 e. The first kappa shape index (κ1) is 12.8. The third kappa shape index (κ3) is 3.38. The molecule has 0 amide bonds. The monoisotopic (exact) mass is 239 g/mol. The van der Waals surface area contributed by atoms with E-state index in [0.29, 0.717) is 4.90 Å². The fraction of sp³-hybridized carbons (Fsp3) is 0.333. The fourth-order valence-corrected chi connectivity index (χ4v) is 2.15. The Morgan fingerprint density at radius 3 is 2.44 bits per heavy atom. The third-order valence-electron chi connectivity index (χ3n) is 2.27. The van der Waals surface area contributed by atoms with Gasteiger partial charge in [0.05, 0.1) is 10.6 Å². The zero-order valence-corrected chi connectivity index (χ0v) is 10.3. The van der Waals surface area contributed by atoms with Gasteiger partial charge in [-0.15, -0.1) is 6.58 Å². The maximum absolute atomic E-state index is 11.5. The van der Waals surface area contributed by atoms with E-state index in [1.165, 1.54) is 0 Å². The third-order valence-corrected chi connectivity index (χ3v) is 4.02. The summed E-state index contributed by atoms with van der Waals surface area (Å²) in [6.45, 7) is 6.08. The first-order chi connectivity index (χ1) is 7.60. The lowest BCUT2D eigenvalue weighted by molar-refractivity contribution is 0.597. The molecule has 16 heavy (non-hydrogen) atoms. The van der Waals surface area contributed by atoms with Crippen LogP contribution in [0.15, 0.2) is 41.8 Å². The minimum atomic E-state index is -3.08. The molecule has 3 nitrogen and oxygen atoms in total. The Bertz CT molecular complexity index is 435. The summed E-state index contributed by atoms with van der Waals surface area (Å²) in [7, 11) is -3.08. The Morgan fingerprint density at radius 1 is 1.31 bits per heavy atom. The summed E-state index contributed by atoms with van der Waals surface area (Å²) in [5.74, 6) is 0.135. The SMILES string of the molecule is C=CCCNc1ccc(S(=O)(=O)CC)cc1. The molecular formula is C12H17NO2S. The molecule has 0 radical (unpaired) electrons. The molecule has 88 valence electrons. The van der Waals surface area contributed by atoms with Crippen LogP contribution in [-0.2, 0) is 9.84 Å². The van der Waals surface area contributed by atoms with E-state index in [4.69, 9.17) is 0 Å². The summed E-state index contributed by atoms with van der Waals surface area (Å²) in [6.07, 6.45) is 2.72. The molecule has 0 aliphatic carbocycles. The molecule has 1 N–H and O–H groups in total. The Balaban J connectivity index is 2.72. The van der Waals surface area contributed by atoms with Crippen molar-refractivity contribution >= 4 is 15.5 Å². The number of benzene rings is 1. The van der Waals surface area contributed by atoms with E-state index >= 15 is 0 Å². The molecule has 4 heteroatoms. The summed E-state index contributed by atoms with van der Waals surface area (Å²) in [4.78, 5) is 0.379. The number of hydrogen-bond acceptors (Lipinski definition) is 3. The van der Waals surface area contributed by atoms with Crippen LogP contribution in [0.3, 0.4) is 0 Å². The second-order valence-electron chi connectivity index (χ2n) is 3.43. The van der Waals surface area contributed by atoms with E-state index in [1.54, 1.807) is 31.2 Å². The van der Waals surface area contributed by atoms with E-state index in [2.05, 4.69) is 11.9 Å². The molecule has 1 aromatic rings. The van der Waals surface area contributed by atoms with Crippen molar-refractivity contribution in [2.75, 3.05) is 17.6 Å². The smallest absolute Gasteiger partial charge is 0.178 e. The lowest BCUT2D eigenvalue weighted by Crippen LogP contribution is -2.04. The summed E-state index contributed by atoms with van der Waals surface area (Å²) in [6, 6.07) is 6.83. The summed E-state index contributed by atoms with van der Waals surface area (Å²) >= 11 is 0. The lowest BCUT2D eigenvalue weighted by atomic mass is 10.3. The van der Waals surface area contributed by atoms with Crippen molar-refractivity contribution in [3.05, 3.63) is 36.9 Å². The average Bonchev–Trinajstić information content (AvgIpc) is 2.30. The van der Waals surface area contributed by atoms with Gasteiger partial charge in [0.1, 0.15) is 0 Å². The van der Waals surface area contributed by atoms with E-state index in [0.717, 1.165) is 18.7 Å². The van der Waals surface area contributed by atoms with Crippen molar-refractivity contribution in [2.45, 2.75) is 18.2 Å². The van der Waals surface area contributed by atoms with Crippen LogP contribution in [0.1, 0.15) is 13.3 Å². The van der Waals surface area contributed by atoms with Crippen LogP contribution in [0.5, 0.6) is 0 Å². The fourth-order valence-electron chi connectivity index (χ4n) is 1.27. The van der Waals surface area contributed by atoms with Crippen molar-refractivity contribution in [1.82, 2.24) is 0 Å². The van der Waals surface area contributed by atoms with Gasteiger partial charge in [0.25, 0.3) is 0 Å². The molecule has 0 heterocycles. The number of hydrogen-bond donors (Lipinski definition) is 1. The van der Waals surface area contributed by atoms with Gasteiger partial charge in [-0.25, -0.2) is 8.42 Å². The molecule has 0 aliphatic heterocycles. The van der Waals surface area contributed by atoms with Crippen LogP contribution in [0.4, 0.5) is 5.69 Å². The highest BCUT2D eigenvalue weighted by molar-refractivity contribution is 7.91. The van der Waals surface area contributed by atoms with E-state index in [1.807, 2.05) is 6.08 Å². The molecule has 0 aliphatic rings. The molecule has 0 atom stereocenters. The van der Waals surface area contributed by atoms with Gasteiger partial charge in [-0.2, -0.15) is 0 Å². The molecule has 0 spiro atoms. The zero-order chi connectivity index (χ0) is 12.0. The van der Waals surface area contributed by atoms with Gasteiger partial charge in [-0.05, 0) is 30.7 Å². The number of sulfone groups is 1. The predicted octanol–water partition coefficient (Wildman–Crippen LogP) is 2.47. The summed E-state index contributed by atoms with van der Waals surface area (Å²) < 4.78 is 23.1. The number of rotatable bonds is 6. The topological polar surface area (TPSA) is 46.2 Å². The molecule has 0 saturated heterocycles. The Morgan fingerprint density at radius 2 is 1.94 bits per heavy atom. The van der Waals surface area contributed by atoms with Gasteiger partial charge in [0.2, 0.25) is 0 Å². The number of anilines is 1. The molecule has 0 bridgehead atoms. The predicted molar refractivity (Wildman–Crippen MR) is 67.5 cm³/mol. The van der Waals surface area contributed by atoms with Crippen molar-refractivity contribution in [3.63, 3.8) is 0 Å². The zero-order valence-electron chi connectivity index (χ0n) is 9.44. The summed E-state index contributed by atoms with van der Waals surface area (Å²) in [5, 5.41) is 3.18. The van der Waals surface area contributed by atoms with Crippen molar-refractivity contribution in [1.29, 1.82) is 0 Å². The highest BCUT2D eigenvalue weighted by atomic mass is 32.2. The van der Waals surface area contributed by atoms with Gasteiger partial charge in [-0.3, -0.25) is 0 Å². The molecule has 0 aromatic heterocycles. The van der Waals surface area contributed by atoms with Gasteiger partial charge in [0.15, 0.2) is 9.84 Å². The van der Waals surface area contributed by atoms with Gasteiger partial charge >= 0.3 is 0 Å². The average molecular weight is 239 g/mol. The van der Waals surface area contributed by atoms with Crippen LogP contribution in [0.25, 0.3) is 0 Å². The summed E-state index contributed by atoms with van der Waals surface area (Å²) in [5.41, 5.74) is 0.928. The number of nitrogens with one attached hydrogen (secondary N) is 1. The lowest BCUT2D eigenvalue weighted by Gasteiger charge is -2.06. The standard InChI is InChI=1S/C12H17NO2S/c1-3-5-10-13-11-6-8-12(9-7-11)16(14,15)4-2/h3,6-9,13H,1,4-5,10H2,2H3. The molecule has 1 aromatic carbocycles. The molecule has 0 unspecified atom stereocenters. The highest BCUT2D eigenvalue weighted by Gasteiger charge is 2.10. The second-order valence-corrected chi connectivity index (χ2v) is 5.71. The van der Waals surface area contributed by atoms with Crippen LogP contribution in [0.2, 0.25) is 0 Å².